The van der Waals surface area contributed by atoms with Gasteiger partial charge in [-0.15, -0.1) is 0 Å². The lowest BCUT2D eigenvalue weighted by Crippen LogP contribution is -2.33. The van der Waals surface area contributed by atoms with Crippen molar-refractivity contribution in [1.82, 2.24) is 14.5 Å². The number of methoxy groups -OCH3 is 1. The summed E-state index contributed by atoms with van der Waals surface area (Å²) in [5.41, 5.74) is 3.50. The SMILES string of the molecule is CC[C@H](C)COc1ccc(Cl)cc1C1CCN(Cc2nc3ccccc3n2CCOC)CC1. The molecule has 0 amide bonds. The zero-order chi connectivity index (χ0) is 23.2. The van der Waals surface area contributed by atoms with E-state index in [-0.39, 0.29) is 0 Å². The molecule has 0 spiro atoms. The highest BCUT2D eigenvalue weighted by Crippen LogP contribution is 2.36. The van der Waals surface area contributed by atoms with E-state index in [4.69, 9.17) is 26.1 Å². The molecule has 1 saturated heterocycles. The molecular weight excluding hydrogens is 434 g/mol. The van der Waals surface area contributed by atoms with Gasteiger partial charge >= 0.3 is 0 Å². The average molecular weight is 470 g/mol. The van der Waals surface area contributed by atoms with Gasteiger partial charge in [0.25, 0.3) is 0 Å². The summed E-state index contributed by atoms with van der Waals surface area (Å²) < 4.78 is 13.9. The molecule has 0 aliphatic carbocycles. The van der Waals surface area contributed by atoms with Crippen molar-refractivity contribution in [2.45, 2.75) is 52.1 Å². The van der Waals surface area contributed by atoms with Crippen molar-refractivity contribution in [3.8, 4) is 5.75 Å². The van der Waals surface area contributed by atoms with Crippen LogP contribution in [0.25, 0.3) is 11.0 Å². The molecule has 2 heterocycles. The Morgan fingerprint density at radius 1 is 1.15 bits per heavy atom. The zero-order valence-electron chi connectivity index (χ0n) is 20.1. The summed E-state index contributed by atoms with van der Waals surface area (Å²) in [6.07, 6.45) is 3.31. The fourth-order valence-electron chi connectivity index (χ4n) is 4.60. The highest BCUT2D eigenvalue weighted by atomic mass is 35.5. The van der Waals surface area contributed by atoms with E-state index in [1.807, 2.05) is 12.1 Å². The van der Waals surface area contributed by atoms with Gasteiger partial charge in [0.2, 0.25) is 0 Å². The van der Waals surface area contributed by atoms with Crippen molar-refractivity contribution >= 4 is 22.6 Å². The van der Waals surface area contributed by atoms with Crippen LogP contribution in [0, 0.1) is 5.92 Å². The van der Waals surface area contributed by atoms with E-state index in [0.29, 0.717) is 18.4 Å². The topological polar surface area (TPSA) is 39.5 Å². The third-order valence-electron chi connectivity index (χ3n) is 6.84. The highest BCUT2D eigenvalue weighted by molar-refractivity contribution is 6.30. The van der Waals surface area contributed by atoms with Gasteiger partial charge in [-0.1, -0.05) is 44.0 Å². The molecule has 6 heteroatoms. The molecule has 0 bridgehead atoms. The third kappa shape index (κ3) is 5.89. The van der Waals surface area contributed by atoms with Crippen LogP contribution in [-0.2, 0) is 17.8 Å². The number of fused-ring (bicyclic) bond motifs is 1. The molecule has 3 aromatic rings. The van der Waals surface area contributed by atoms with Crippen LogP contribution in [0.15, 0.2) is 42.5 Å². The fraction of sp³-hybridized carbons (Fsp3) is 0.519. The number of benzene rings is 2. The van der Waals surface area contributed by atoms with Crippen molar-refractivity contribution in [3.63, 3.8) is 0 Å². The van der Waals surface area contributed by atoms with Gasteiger partial charge < -0.3 is 14.0 Å². The molecule has 0 saturated carbocycles. The summed E-state index contributed by atoms with van der Waals surface area (Å²) >= 11 is 6.37. The van der Waals surface area contributed by atoms with Crippen LogP contribution >= 0.6 is 11.6 Å². The molecular formula is C27H36ClN3O2. The van der Waals surface area contributed by atoms with E-state index < -0.39 is 0 Å². The average Bonchev–Trinajstić information content (AvgIpc) is 3.19. The lowest BCUT2D eigenvalue weighted by atomic mass is 9.88. The number of hydrogen-bond acceptors (Lipinski definition) is 4. The number of likely N-dealkylation sites (tertiary alicyclic amines) is 1. The summed E-state index contributed by atoms with van der Waals surface area (Å²) in [5.74, 6) is 3.14. The summed E-state index contributed by atoms with van der Waals surface area (Å²) in [7, 11) is 1.75. The monoisotopic (exact) mass is 469 g/mol. The van der Waals surface area contributed by atoms with Crippen molar-refractivity contribution in [3.05, 3.63) is 58.9 Å². The summed E-state index contributed by atoms with van der Waals surface area (Å²) in [4.78, 5) is 7.46. The lowest BCUT2D eigenvalue weighted by molar-refractivity contribution is 0.178. The van der Waals surface area contributed by atoms with Crippen LogP contribution in [0.3, 0.4) is 0 Å². The van der Waals surface area contributed by atoms with Crippen LogP contribution in [0.2, 0.25) is 5.02 Å². The van der Waals surface area contributed by atoms with Crippen LogP contribution in [0.5, 0.6) is 5.75 Å². The Kier molecular flexibility index (Phi) is 8.29. The highest BCUT2D eigenvalue weighted by Gasteiger charge is 2.25. The predicted molar refractivity (Wildman–Crippen MR) is 135 cm³/mol. The zero-order valence-corrected chi connectivity index (χ0v) is 20.9. The first-order valence-electron chi connectivity index (χ1n) is 12.2. The molecule has 1 aliphatic rings. The number of aromatic nitrogens is 2. The van der Waals surface area contributed by atoms with Crippen molar-refractivity contribution in [2.24, 2.45) is 5.92 Å². The minimum atomic E-state index is 0.471. The molecule has 33 heavy (non-hydrogen) atoms. The standard InChI is InChI=1S/C27H36ClN3O2/c1-4-20(2)19-33-26-10-9-22(28)17-23(26)21-11-13-30(14-12-21)18-27-29-24-7-5-6-8-25(24)31(27)15-16-32-3/h5-10,17,20-21H,4,11-16,18-19H2,1-3H3/t20-/m0/s1. The number of nitrogens with zero attached hydrogens (tertiary/aromatic N) is 3. The second-order valence-electron chi connectivity index (χ2n) is 9.22. The maximum atomic E-state index is 6.37. The molecule has 1 aromatic heterocycles. The maximum Gasteiger partial charge on any atom is 0.124 e. The summed E-state index contributed by atoms with van der Waals surface area (Å²) in [6.45, 7) is 9.63. The summed E-state index contributed by atoms with van der Waals surface area (Å²) in [6, 6.07) is 14.5. The summed E-state index contributed by atoms with van der Waals surface area (Å²) in [5, 5.41) is 0.787. The predicted octanol–water partition coefficient (Wildman–Crippen LogP) is 6.14. The normalized spacial score (nSPS) is 16.4. The molecule has 4 rings (SSSR count). The van der Waals surface area contributed by atoms with Gasteiger partial charge in [0.05, 0.1) is 30.8 Å². The number of piperidine rings is 1. The number of para-hydroxylation sites is 2. The van der Waals surface area contributed by atoms with Gasteiger partial charge in [-0.25, -0.2) is 4.98 Å². The lowest BCUT2D eigenvalue weighted by Gasteiger charge is -2.33. The molecule has 1 fully saturated rings. The second kappa shape index (κ2) is 11.4. The van der Waals surface area contributed by atoms with Crippen molar-refractivity contribution in [1.29, 1.82) is 0 Å². The maximum absolute atomic E-state index is 6.37. The van der Waals surface area contributed by atoms with Crippen LogP contribution in [0.4, 0.5) is 0 Å². The van der Waals surface area contributed by atoms with Crippen LogP contribution in [-0.4, -0.2) is 47.9 Å². The Hall–Kier alpha value is -2.08. The van der Waals surface area contributed by atoms with E-state index in [1.54, 1.807) is 7.11 Å². The number of imidazole rings is 1. The minimum Gasteiger partial charge on any atom is -0.493 e. The molecule has 0 unspecified atom stereocenters. The van der Waals surface area contributed by atoms with Gasteiger partial charge in [-0.05, 0) is 73.7 Å². The van der Waals surface area contributed by atoms with E-state index in [1.165, 1.54) is 11.1 Å². The third-order valence-corrected chi connectivity index (χ3v) is 7.07. The fourth-order valence-corrected chi connectivity index (χ4v) is 4.78. The van der Waals surface area contributed by atoms with Crippen molar-refractivity contribution < 1.29 is 9.47 Å². The van der Waals surface area contributed by atoms with Gasteiger partial charge in [0.1, 0.15) is 11.6 Å². The van der Waals surface area contributed by atoms with Crippen LogP contribution < -0.4 is 4.74 Å². The number of ether oxygens (including phenoxy) is 2. The first kappa shape index (κ1) is 24.1. The first-order valence-corrected chi connectivity index (χ1v) is 12.5. The van der Waals surface area contributed by atoms with E-state index in [9.17, 15) is 0 Å². The Morgan fingerprint density at radius 2 is 1.94 bits per heavy atom. The van der Waals surface area contributed by atoms with Gasteiger partial charge in [-0.2, -0.15) is 0 Å². The Bertz CT molecular complexity index is 1040. The first-order chi connectivity index (χ1) is 16.1. The Balaban J connectivity index is 1.43. The van der Waals surface area contributed by atoms with Gasteiger partial charge in [0, 0.05) is 18.7 Å². The molecule has 1 atom stereocenters. The van der Waals surface area contributed by atoms with Gasteiger partial charge in [-0.3, -0.25) is 4.90 Å². The Morgan fingerprint density at radius 3 is 2.70 bits per heavy atom. The number of hydrogen-bond donors (Lipinski definition) is 0. The molecule has 0 N–H and O–H groups in total. The van der Waals surface area contributed by atoms with E-state index >= 15 is 0 Å². The molecule has 2 aromatic carbocycles. The molecule has 178 valence electrons. The van der Waals surface area contributed by atoms with Gasteiger partial charge in [0.15, 0.2) is 0 Å². The van der Waals surface area contributed by atoms with E-state index in [2.05, 4.69) is 53.6 Å². The minimum absolute atomic E-state index is 0.471. The Labute approximate surface area is 202 Å². The van der Waals surface area contributed by atoms with E-state index in [0.717, 1.165) is 74.2 Å². The molecule has 1 aliphatic heterocycles. The second-order valence-corrected chi connectivity index (χ2v) is 9.65. The van der Waals surface area contributed by atoms with Crippen molar-refractivity contribution in [2.75, 3.05) is 33.4 Å². The quantitative estimate of drug-likeness (QED) is 0.357. The number of rotatable bonds is 10. The largest absolute Gasteiger partial charge is 0.493 e. The number of halogens is 1. The van der Waals surface area contributed by atoms with Crippen LogP contribution in [0.1, 0.15) is 50.4 Å². The smallest absolute Gasteiger partial charge is 0.124 e. The molecule has 0 radical (unpaired) electrons. The molecule has 5 nitrogen and oxygen atoms in total.